The first kappa shape index (κ1) is 22.2. The molecule has 0 aliphatic carbocycles. The van der Waals surface area contributed by atoms with Crippen molar-refractivity contribution >= 4 is 41.0 Å². The van der Waals surface area contributed by atoms with E-state index in [0.717, 1.165) is 21.9 Å². The Hall–Kier alpha value is -3.51. The van der Waals surface area contributed by atoms with Crippen molar-refractivity contribution in [2.45, 2.75) is 17.1 Å². The Morgan fingerprint density at radius 2 is 1.48 bits per heavy atom. The third kappa shape index (κ3) is 7.04. The van der Waals surface area contributed by atoms with Crippen LogP contribution < -0.4 is 15.4 Å². The summed E-state index contributed by atoms with van der Waals surface area (Å²) in [6, 6.07) is 24.3. The van der Waals surface area contributed by atoms with E-state index in [0.29, 0.717) is 5.69 Å². The Morgan fingerprint density at radius 1 is 0.871 bits per heavy atom. The molecular formula is C25H24N2O3S. The predicted molar refractivity (Wildman–Crippen MR) is 127 cm³/mol. The molecule has 0 heterocycles. The standard InChI is InChI=1S/C25H24N2O3S/c1-18(25(29)27-21-9-13-22(30-2)14-10-21)31-23-15-11-20(12-16-23)26-24(28)17-8-19-6-4-3-5-7-19/h3-18H,1-2H3,(H,26,28)(H,27,29)/b17-8+. The highest BCUT2D eigenvalue weighted by Crippen LogP contribution is 2.26. The summed E-state index contributed by atoms with van der Waals surface area (Å²) in [6.45, 7) is 1.85. The third-order valence-electron chi connectivity index (χ3n) is 4.39. The fourth-order valence-electron chi connectivity index (χ4n) is 2.71. The molecule has 0 saturated heterocycles. The van der Waals surface area contributed by atoms with Crippen molar-refractivity contribution in [3.8, 4) is 5.75 Å². The highest BCUT2D eigenvalue weighted by Gasteiger charge is 2.14. The van der Waals surface area contributed by atoms with E-state index in [-0.39, 0.29) is 17.1 Å². The van der Waals surface area contributed by atoms with Gasteiger partial charge in [-0.15, -0.1) is 11.8 Å². The van der Waals surface area contributed by atoms with E-state index in [4.69, 9.17) is 4.74 Å². The number of amides is 2. The minimum atomic E-state index is -0.281. The fourth-order valence-corrected chi connectivity index (χ4v) is 3.58. The number of thioether (sulfide) groups is 1. The fraction of sp³-hybridized carbons (Fsp3) is 0.120. The number of hydrogen-bond donors (Lipinski definition) is 2. The van der Waals surface area contributed by atoms with Crippen LogP contribution in [0.1, 0.15) is 12.5 Å². The number of hydrogen-bond acceptors (Lipinski definition) is 4. The van der Waals surface area contributed by atoms with Crippen LogP contribution in [0.25, 0.3) is 6.08 Å². The van der Waals surface area contributed by atoms with Gasteiger partial charge in [0.25, 0.3) is 0 Å². The first-order valence-corrected chi connectivity index (χ1v) is 10.7. The van der Waals surface area contributed by atoms with Gasteiger partial charge in [0.2, 0.25) is 11.8 Å². The second kappa shape index (κ2) is 11.0. The lowest BCUT2D eigenvalue weighted by Gasteiger charge is -2.13. The topological polar surface area (TPSA) is 67.4 Å². The smallest absolute Gasteiger partial charge is 0.248 e. The van der Waals surface area contributed by atoms with Crippen molar-refractivity contribution in [2.24, 2.45) is 0 Å². The third-order valence-corrected chi connectivity index (χ3v) is 5.50. The number of carbonyl (C=O) groups is 2. The van der Waals surface area contributed by atoms with E-state index in [1.54, 1.807) is 37.5 Å². The zero-order chi connectivity index (χ0) is 22.1. The molecule has 0 saturated carbocycles. The summed E-state index contributed by atoms with van der Waals surface area (Å²) < 4.78 is 5.12. The molecule has 3 aromatic carbocycles. The largest absolute Gasteiger partial charge is 0.497 e. The van der Waals surface area contributed by atoms with Gasteiger partial charge in [-0.25, -0.2) is 0 Å². The molecule has 3 rings (SSSR count). The minimum absolute atomic E-state index is 0.0846. The Balaban J connectivity index is 1.50. The van der Waals surface area contributed by atoms with E-state index < -0.39 is 0 Å². The molecule has 1 unspecified atom stereocenters. The molecule has 0 spiro atoms. The summed E-state index contributed by atoms with van der Waals surface area (Å²) in [5.74, 6) is 0.457. The molecule has 0 fully saturated rings. The lowest BCUT2D eigenvalue weighted by atomic mass is 10.2. The first-order chi connectivity index (χ1) is 15.0. The molecule has 6 heteroatoms. The van der Waals surface area contributed by atoms with E-state index in [1.807, 2.05) is 61.5 Å². The minimum Gasteiger partial charge on any atom is -0.497 e. The van der Waals surface area contributed by atoms with Crippen molar-refractivity contribution in [1.29, 1.82) is 0 Å². The molecule has 31 heavy (non-hydrogen) atoms. The zero-order valence-corrected chi connectivity index (χ0v) is 18.2. The number of rotatable bonds is 8. The molecule has 0 bridgehead atoms. The second-order valence-corrected chi connectivity index (χ2v) is 8.15. The summed E-state index contributed by atoms with van der Waals surface area (Å²) in [5, 5.41) is 5.45. The normalized spacial score (nSPS) is 11.7. The number of anilines is 2. The van der Waals surface area contributed by atoms with Crippen molar-refractivity contribution in [3.05, 3.63) is 90.5 Å². The van der Waals surface area contributed by atoms with Gasteiger partial charge < -0.3 is 15.4 Å². The van der Waals surface area contributed by atoms with Gasteiger partial charge in [0.05, 0.1) is 12.4 Å². The molecule has 0 radical (unpaired) electrons. The van der Waals surface area contributed by atoms with Crippen LogP contribution in [-0.4, -0.2) is 24.2 Å². The number of nitrogens with one attached hydrogen (secondary N) is 2. The van der Waals surface area contributed by atoms with Gasteiger partial charge >= 0.3 is 0 Å². The van der Waals surface area contributed by atoms with Crippen LogP contribution in [-0.2, 0) is 9.59 Å². The Bertz CT molecular complexity index is 1030. The van der Waals surface area contributed by atoms with Crippen LogP contribution >= 0.6 is 11.8 Å². The maximum absolute atomic E-state index is 12.4. The molecule has 5 nitrogen and oxygen atoms in total. The van der Waals surface area contributed by atoms with Crippen LogP contribution in [0, 0.1) is 0 Å². The summed E-state index contributed by atoms with van der Waals surface area (Å²) >= 11 is 1.45. The monoisotopic (exact) mass is 432 g/mol. The van der Waals surface area contributed by atoms with Crippen molar-refractivity contribution in [2.75, 3.05) is 17.7 Å². The summed E-state index contributed by atoms with van der Waals surface area (Å²) in [7, 11) is 1.60. The number of ether oxygens (including phenoxy) is 1. The Labute approximate surface area is 186 Å². The lowest BCUT2D eigenvalue weighted by Crippen LogP contribution is -2.22. The number of methoxy groups -OCH3 is 1. The van der Waals surface area contributed by atoms with E-state index in [2.05, 4.69) is 10.6 Å². The van der Waals surface area contributed by atoms with Crippen LogP contribution in [0.4, 0.5) is 11.4 Å². The van der Waals surface area contributed by atoms with Gasteiger partial charge in [0.15, 0.2) is 0 Å². The van der Waals surface area contributed by atoms with Crippen molar-refractivity contribution in [3.63, 3.8) is 0 Å². The average molecular weight is 433 g/mol. The quantitative estimate of drug-likeness (QED) is 0.366. The lowest BCUT2D eigenvalue weighted by molar-refractivity contribution is -0.115. The van der Waals surface area contributed by atoms with Gasteiger partial charge in [0, 0.05) is 22.3 Å². The molecule has 3 aromatic rings. The van der Waals surface area contributed by atoms with Crippen LogP contribution in [0.2, 0.25) is 0 Å². The highest BCUT2D eigenvalue weighted by atomic mass is 32.2. The van der Waals surface area contributed by atoms with Crippen LogP contribution in [0.15, 0.2) is 89.8 Å². The maximum atomic E-state index is 12.4. The Morgan fingerprint density at radius 3 is 2.13 bits per heavy atom. The number of carbonyl (C=O) groups excluding carboxylic acids is 2. The van der Waals surface area contributed by atoms with Gasteiger partial charge in [-0.05, 0) is 67.1 Å². The predicted octanol–water partition coefficient (Wildman–Crippen LogP) is 5.47. The zero-order valence-electron chi connectivity index (χ0n) is 17.4. The summed E-state index contributed by atoms with van der Waals surface area (Å²) in [5.41, 5.74) is 2.38. The maximum Gasteiger partial charge on any atom is 0.248 e. The van der Waals surface area contributed by atoms with Gasteiger partial charge in [-0.3, -0.25) is 9.59 Å². The van der Waals surface area contributed by atoms with Crippen molar-refractivity contribution in [1.82, 2.24) is 0 Å². The van der Waals surface area contributed by atoms with Gasteiger partial charge in [0.1, 0.15) is 5.75 Å². The molecular weight excluding hydrogens is 408 g/mol. The van der Waals surface area contributed by atoms with Gasteiger partial charge in [-0.2, -0.15) is 0 Å². The molecule has 0 aliphatic heterocycles. The van der Waals surface area contributed by atoms with Crippen molar-refractivity contribution < 1.29 is 14.3 Å². The Kier molecular flexibility index (Phi) is 7.90. The summed E-state index contributed by atoms with van der Waals surface area (Å²) in [6.07, 6.45) is 3.27. The molecule has 2 amide bonds. The van der Waals surface area contributed by atoms with Crippen LogP contribution in [0.3, 0.4) is 0 Å². The van der Waals surface area contributed by atoms with Gasteiger partial charge in [-0.1, -0.05) is 30.3 Å². The van der Waals surface area contributed by atoms with E-state index in [9.17, 15) is 9.59 Å². The molecule has 1 atom stereocenters. The number of benzene rings is 3. The first-order valence-electron chi connectivity index (χ1n) is 9.79. The van der Waals surface area contributed by atoms with Crippen LogP contribution in [0.5, 0.6) is 5.75 Å². The molecule has 158 valence electrons. The van der Waals surface area contributed by atoms with E-state index in [1.165, 1.54) is 17.8 Å². The molecule has 0 aromatic heterocycles. The molecule has 2 N–H and O–H groups in total. The summed E-state index contributed by atoms with van der Waals surface area (Å²) in [4.78, 5) is 25.5. The SMILES string of the molecule is COc1ccc(NC(=O)C(C)Sc2ccc(NC(=O)/C=C/c3ccccc3)cc2)cc1. The highest BCUT2D eigenvalue weighted by molar-refractivity contribution is 8.00. The van der Waals surface area contributed by atoms with E-state index >= 15 is 0 Å². The second-order valence-electron chi connectivity index (χ2n) is 6.74. The average Bonchev–Trinajstić information content (AvgIpc) is 2.80. The molecule has 0 aliphatic rings.